The van der Waals surface area contributed by atoms with Crippen molar-refractivity contribution >= 4 is 17.9 Å². The van der Waals surface area contributed by atoms with Gasteiger partial charge in [-0.3, -0.25) is 4.79 Å². The first-order valence-electron chi connectivity index (χ1n) is 7.82. The van der Waals surface area contributed by atoms with Crippen LogP contribution < -0.4 is 10.6 Å². The third kappa shape index (κ3) is 3.20. The van der Waals surface area contributed by atoms with Crippen LogP contribution in [0.3, 0.4) is 0 Å². The van der Waals surface area contributed by atoms with Crippen LogP contribution in [-0.2, 0) is 14.3 Å². The highest BCUT2D eigenvalue weighted by molar-refractivity contribution is 6.01. The fourth-order valence-electron chi connectivity index (χ4n) is 2.99. The smallest absolute Gasteiger partial charge is 0.337 e. The summed E-state index contributed by atoms with van der Waals surface area (Å²) in [7, 11) is 2.88. The molecule has 0 unspecified atom stereocenters. The molecule has 8 nitrogen and oxygen atoms in total. The summed E-state index contributed by atoms with van der Waals surface area (Å²) in [5, 5.41) is 5.48. The summed E-state index contributed by atoms with van der Waals surface area (Å²) in [6.45, 7) is 1.22. The number of rotatable bonds is 5. The summed E-state index contributed by atoms with van der Waals surface area (Å²) in [5.74, 6) is -0.579. The molecule has 1 atom stereocenters. The van der Waals surface area contributed by atoms with E-state index in [0.717, 1.165) is 5.56 Å². The van der Waals surface area contributed by atoms with Gasteiger partial charge in [-0.05, 0) is 17.7 Å². The second-order valence-corrected chi connectivity index (χ2v) is 5.76. The lowest BCUT2D eigenvalue weighted by molar-refractivity contribution is -0.126. The second kappa shape index (κ2) is 6.94. The van der Waals surface area contributed by atoms with Crippen LogP contribution in [0.2, 0.25) is 0 Å². The van der Waals surface area contributed by atoms with E-state index in [1.54, 1.807) is 36.3 Å². The standard InChI is InChI=1S/C17H19N3O5/c1-24-8-7-20-9-12-13(15(20)21)14(19-17(23)18-12)10-3-5-11(6-4-10)16(22)25-2/h3-6,14H,7-9H2,1-2H3,(H2,18,19,23)/t14-/m1/s1. The topological polar surface area (TPSA) is 97.0 Å². The summed E-state index contributed by atoms with van der Waals surface area (Å²) in [4.78, 5) is 37.8. The van der Waals surface area contributed by atoms with Gasteiger partial charge < -0.3 is 25.0 Å². The molecule has 1 aromatic rings. The number of amides is 3. The fourth-order valence-corrected chi connectivity index (χ4v) is 2.99. The van der Waals surface area contributed by atoms with Crippen molar-refractivity contribution < 1.29 is 23.9 Å². The van der Waals surface area contributed by atoms with Gasteiger partial charge in [-0.25, -0.2) is 9.59 Å². The number of hydrogen-bond donors (Lipinski definition) is 2. The summed E-state index contributed by atoms with van der Waals surface area (Å²) in [6.07, 6.45) is 0. The van der Waals surface area contributed by atoms with Crippen molar-refractivity contribution in [1.29, 1.82) is 0 Å². The average Bonchev–Trinajstić information content (AvgIpc) is 2.94. The fraction of sp³-hybridized carbons (Fsp3) is 0.353. The minimum atomic E-state index is -0.560. The van der Waals surface area contributed by atoms with Crippen LogP contribution in [0.5, 0.6) is 0 Å². The predicted octanol–water partition coefficient (Wildman–Crippen LogP) is 0.570. The first kappa shape index (κ1) is 17.0. The lowest BCUT2D eigenvalue weighted by Crippen LogP contribution is -2.44. The quantitative estimate of drug-likeness (QED) is 0.761. The SMILES string of the molecule is COCCN1CC2=C(C1=O)[C@@H](c1ccc(C(=O)OC)cc1)NC(=O)N2. The second-order valence-electron chi connectivity index (χ2n) is 5.76. The number of carbonyl (C=O) groups is 3. The van der Waals surface area contributed by atoms with Crippen molar-refractivity contribution in [2.45, 2.75) is 6.04 Å². The van der Waals surface area contributed by atoms with Gasteiger partial charge in [0, 0.05) is 13.7 Å². The van der Waals surface area contributed by atoms with Gasteiger partial charge in [-0.2, -0.15) is 0 Å². The zero-order valence-corrected chi connectivity index (χ0v) is 14.0. The van der Waals surface area contributed by atoms with Gasteiger partial charge in [0.05, 0.1) is 43.1 Å². The van der Waals surface area contributed by atoms with Crippen molar-refractivity contribution in [1.82, 2.24) is 15.5 Å². The maximum absolute atomic E-state index is 12.7. The molecule has 132 valence electrons. The van der Waals surface area contributed by atoms with Gasteiger partial charge in [0.25, 0.3) is 5.91 Å². The predicted molar refractivity (Wildman–Crippen MR) is 87.7 cm³/mol. The van der Waals surface area contributed by atoms with E-state index in [-0.39, 0.29) is 11.9 Å². The van der Waals surface area contributed by atoms with E-state index in [0.29, 0.717) is 36.5 Å². The number of ether oxygens (including phenoxy) is 2. The van der Waals surface area contributed by atoms with Crippen molar-refractivity contribution in [3.05, 3.63) is 46.7 Å². The molecule has 0 aromatic heterocycles. The average molecular weight is 345 g/mol. The first-order valence-corrected chi connectivity index (χ1v) is 7.82. The Kier molecular flexibility index (Phi) is 4.71. The van der Waals surface area contributed by atoms with E-state index in [1.807, 2.05) is 0 Å². The highest BCUT2D eigenvalue weighted by Gasteiger charge is 2.40. The highest BCUT2D eigenvalue weighted by atomic mass is 16.5. The Labute approximate surface area is 144 Å². The lowest BCUT2D eigenvalue weighted by atomic mass is 9.95. The van der Waals surface area contributed by atoms with Gasteiger partial charge in [0.15, 0.2) is 0 Å². The molecular weight excluding hydrogens is 326 g/mol. The molecular formula is C17H19N3O5. The minimum Gasteiger partial charge on any atom is -0.465 e. The molecule has 0 bridgehead atoms. The molecule has 0 fully saturated rings. The van der Waals surface area contributed by atoms with Gasteiger partial charge >= 0.3 is 12.0 Å². The molecule has 3 rings (SSSR count). The van der Waals surface area contributed by atoms with Crippen molar-refractivity contribution in [3.63, 3.8) is 0 Å². The largest absolute Gasteiger partial charge is 0.465 e. The van der Waals surface area contributed by atoms with Crippen LogP contribution in [0.4, 0.5) is 4.79 Å². The van der Waals surface area contributed by atoms with E-state index in [1.165, 1.54) is 7.11 Å². The first-order chi connectivity index (χ1) is 12.0. The normalized spacial score (nSPS) is 19.4. The molecule has 0 saturated carbocycles. The number of nitrogens with one attached hydrogen (secondary N) is 2. The molecule has 2 N–H and O–H groups in total. The Morgan fingerprint density at radius 3 is 2.60 bits per heavy atom. The molecule has 0 spiro atoms. The molecule has 25 heavy (non-hydrogen) atoms. The Balaban J connectivity index is 1.87. The maximum Gasteiger partial charge on any atom is 0.337 e. The van der Waals surface area contributed by atoms with Crippen LogP contribution in [0.25, 0.3) is 0 Å². The Morgan fingerprint density at radius 1 is 1.24 bits per heavy atom. The van der Waals surface area contributed by atoms with Crippen LogP contribution in [0, 0.1) is 0 Å². The number of carbonyl (C=O) groups excluding carboxylic acids is 3. The highest BCUT2D eigenvalue weighted by Crippen LogP contribution is 2.32. The number of benzene rings is 1. The zero-order valence-electron chi connectivity index (χ0n) is 14.0. The number of urea groups is 1. The van der Waals surface area contributed by atoms with Crippen LogP contribution in [-0.4, -0.2) is 56.7 Å². The molecule has 0 radical (unpaired) electrons. The van der Waals surface area contributed by atoms with Gasteiger partial charge in [0.1, 0.15) is 0 Å². The Bertz CT molecular complexity index is 741. The van der Waals surface area contributed by atoms with Gasteiger partial charge in [-0.1, -0.05) is 12.1 Å². The maximum atomic E-state index is 12.7. The summed E-state index contributed by atoms with van der Waals surface area (Å²) >= 11 is 0. The minimum absolute atomic E-state index is 0.137. The summed E-state index contributed by atoms with van der Waals surface area (Å²) in [6, 6.07) is 5.71. The molecule has 0 saturated heterocycles. The lowest BCUT2D eigenvalue weighted by Gasteiger charge is -2.25. The molecule has 1 aromatic carbocycles. The summed E-state index contributed by atoms with van der Waals surface area (Å²) < 4.78 is 9.70. The molecule has 2 heterocycles. The van der Waals surface area contributed by atoms with E-state index in [9.17, 15) is 14.4 Å². The number of hydrogen-bond acceptors (Lipinski definition) is 5. The van der Waals surface area contributed by atoms with Crippen molar-refractivity contribution in [2.24, 2.45) is 0 Å². The van der Waals surface area contributed by atoms with Gasteiger partial charge in [0.2, 0.25) is 0 Å². The third-order valence-corrected chi connectivity index (χ3v) is 4.25. The molecule has 2 aliphatic rings. The number of esters is 1. The van der Waals surface area contributed by atoms with Crippen LogP contribution in [0.1, 0.15) is 22.0 Å². The van der Waals surface area contributed by atoms with Gasteiger partial charge in [-0.15, -0.1) is 0 Å². The van der Waals surface area contributed by atoms with Crippen LogP contribution >= 0.6 is 0 Å². The third-order valence-electron chi connectivity index (χ3n) is 4.25. The Hall–Kier alpha value is -2.87. The summed E-state index contributed by atoms with van der Waals surface area (Å²) in [5.41, 5.74) is 2.24. The Morgan fingerprint density at radius 2 is 1.96 bits per heavy atom. The van der Waals surface area contributed by atoms with E-state index in [2.05, 4.69) is 15.4 Å². The number of methoxy groups -OCH3 is 2. The van der Waals surface area contributed by atoms with E-state index in [4.69, 9.17) is 4.74 Å². The van der Waals surface area contributed by atoms with Crippen molar-refractivity contribution in [3.8, 4) is 0 Å². The molecule has 3 amide bonds. The zero-order chi connectivity index (χ0) is 18.0. The van der Waals surface area contributed by atoms with Crippen molar-refractivity contribution in [2.75, 3.05) is 33.9 Å². The molecule has 8 heteroatoms. The molecule has 2 aliphatic heterocycles. The number of nitrogens with zero attached hydrogens (tertiary/aromatic N) is 1. The van der Waals surface area contributed by atoms with E-state index >= 15 is 0 Å². The monoisotopic (exact) mass is 345 g/mol. The molecule has 0 aliphatic carbocycles. The van der Waals surface area contributed by atoms with Crippen LogP contribution in [0.15, 0.2) is 35.5 Å². The van der Waals surface area contributed by atoms with E-state index < -0.39 is 12.0 Å².